The Kier molecular flexibility index (Phi) is 6.63. The number of unbranched alkanes of at least 4 members (excludes halogenated alkanes) is 1. The summed E-state index contributed by atoms with van der Waals surface area (Å²) in [6, 6.07) is 8.72. The van der Waals surface area contributed by atoms with Gasteiger partial charge in [0.1, 0.15) is 0 Å². The molecule has 0 saturated heterocycles. The van der Waals surface area contributed by atoms with Crippen LogP contribution >= 0.6 is 23.2 Å². The van der Waals surface area contributed by atoms with E-state index in [4.69, 9.17) is 23.2 Å². The zero-order chi connectivity index (χ0) is 14.3. The standard InChI is InChI=1S/C14H19Cl2NO2/c1-2-3-9-14(15,16)13(19)17-12(10-18)11-7-5-4-6-8-11/h4-8,12,18H,2-3,9-10H2,1H3,(H,17,19)/t12-/m0/s1. The fourth-order valence-corrected chi connectivity index (χ4v) is 2.07. The SMILES string of the molecule is CCCCC(Cl)(Cl)C(=O)N[C@@H](CO)c1ccccc1. The molecule has 0 heterocycles. The van der Waals surface area contributed by atoms with Crippen molar-refractivity contribution in [1.82, 2.24) is 5.32 Å². The van der Waals surface area contributed by atoms with E-state index in [0.717, 1.165) is 18.4 Å². The van der Waals surface area contributed by atoms with E-state index in [9.17, 15) is 9.90 Å². The van der Waals surface area contributed by atoms with Gasteiger partial charge in [0.15, 0.2) is 4.33 Å². The molecule has 1 atom stereocenters. The molecule has 19 heavy (non-hydrogen) atoms. The van der Waals surface area contributed by atoms with Crippen LogP contribution in [0.15, 0.2) is 30.3 Å². The van der Waals surface area contributed by atoms with Crippen LogP contribution in [0.3, 0.4) is 0 Å². The number of benzene rings is 1. The van der Waals surface area contributed by atoms with Gasteiger partial charge in [-0.3, -0.25) is 4.79 Å². The van der Waals surface area contributed by atoms with Crippen LogP contribution < -0.4 is 5.32 Å². The maximum absolute atomic E-state index is 12.0. The van der Waals surface area contributed by atoms with E-state index in [0.29, 0.717) is 6.42 Å². The number of carbonyl (C=O) groups is 1. The summed E-state index contributed by atoms with van der Waals surface area (Å²) in [4.78, 5) is 12.0. The summed E-state index contributed by atoms with van der Waals surface area (Å²) in [6.45, 7) is 1.80. The van der Waals surface area contributed by atoms with Gasteiger partial charge >= 0.3 is 0 Å². The summed E-state index contributed by atoms with van der Waals surface area (Å²) in [7, 11) is 0. The number of alkyl halides is 2. The van der Waals surface area contributed by atoms with Gasteiger partial charge in [0.2, 0.25) is 0 Å². The van der Waals surface area contributed by atoms with Gasteiger partial charge in [-0.2, -0.15) is 0 Å². The number of aliphatic hydroxyl groups is 1. The van der Waals surface area contributed by atoms with Crippen molar-refractivity contribution >= 4 is 29.1 Å². The predicted molar refractivity (Wildman–Crippen MR) is 78.4 cm³/mol. The highest BCUT2D eigenvalue weighted by Gasteiger charge is 2.34. The summed E-state index contributed by atoms with van der Waals surface area (Å²) >= 11 is 12.1. The summed E-state index contributed by atoms with van der Waals surface area (Å²) in [5.41, 5.74) is 0.818. The van der Waals surface area contributed by atoms with Gasteiger partial charge in [0.25, 0.3) is 5.91 Å². The molecule has 1 amide bonds. The molecule has 1 rings (SSSR count). The minimum Gasteiger partial charge on any atom is -0.394 e. The quantitative estimate of drug-likeness (QED) is 0.760. The Morgan fingerprint density at radius 2 is 2.00 bits per heavy atom. The Morgan fingerprint density at radius 3 is 2.53 bits per heavy atom. The molecule has 0 bridgehead atoms. The van der Waals surface area contributed by atoms with E-state index in [-0.39, 0.29) is 6.61 Å². The van der Waals surface area contributed by atoms with Crippen LogP contribution in [-0.4, -0.2) is 22.0 Å². The Labute approximate surface area is 123 Å². The van der Waals surface area contributed by atoms with Gasteiger partial charge in [0, 0.05) is 0 Å². The van der Waals surface area contributed by atoms with Crippen molar-refractivity contribution in [2.24, 2.45) is 0 Å². The first-order valence-electron chi connectivity index (χ1n) is 6.36. The second-order valence-electron chi connectivity index (χ2n) is 4.43. The second-order valence-corrected chi connectivity index (χ2v) is 5.91. The van der Waals surface area contributed by atoms with Crippen molar-refractivity contribution in [3.63, 3.8) is 0 Å². The largest absolute Gasteiger partial charge is 0.394 e. The van der Waals surface area contributed by atoms with Crippen molar-refractivity contribution in [3.05, 3.63) is 35.9 Å². The molecule has 2 N–H and O–H groups in total. The van der Waals surface area contributed by atoms with Crippen LogP contribution in [-0.2, 0) is 4.79 Å². The van der Waals surface area contributed by atoms with Gasteiger partial charge in [-0.25, -0.2) is 0 Å². The number of halogens is 2. The van der Waals surface area contributed by atoms with Gasteiger partial charge < -0.3 is 10.4 Å². The minimum atomic E-state index is -1.45. The molecule has 0 fully saturated rings. The second kappa shape index (κ2) is 7.73. The summed E-state index contributed by atoms with van der Waals surface area (Å²) in [6.07, 6.45) is 2.08. The van der Waals surface area contributed by atoms with Crippen molar-refractivity contribution < 1.29 is 9.90 Å². The van der Waals surface area contributed by atoms with E-state index in [1.54, 1.807) is 0 Å². The lowest BCUT2D eigenvalue weighted by Gasteiger charge is -2.23. The molecule has 5 heteroatoms. The molecule has 3 nitrogen and oxygen atoms in total. The lowest BCUT2D eigenvalue weighted by Crippen LogP contribution is -2.41. The third-order valence-corrected chi connectivity index (χ3v) is 3.59. The first-order chi connectivity index (χ1) is 9.01. The average molecular weight is 304 g/mol. The summed E-state index contributed by atoms with van der Waals surface area (Å²) < 4.78 is -1.45. The van der Waals surface area contributed by atoms with Crippen LogP contribution in [0.5, 0.6) is 0 Å². The van der Waals surface area contributed by atoms with Crippen LogP contribution in [0.1, 0.15) is 37.8 Å². The van der Waals surface area contributed by atoms with Crippen LogP contribution in [0.25, 0.3) is 0 Å². The topological polar surface area (TPSA) is 49.3 Å². The Morgan fingerprint density at radius 1 is 1.37 bits per heavy atom. The number of rotatable bonds is 7. The van der Waals surface area contributed by atoms with E-state index < -0.39 is 16.3 Å². The molecule has 106 valence electrons. The lowest BCUT2D eigenvalue weighted by molar-refractivity contribution is -0.123. The van der Waals surface area contributed by atoms with Crippen molar-refractivity contribution in [2.75, 3.05) is 6.61 Å². The third-order valence-electron chi connectivity index (χ3n) is 2.87. The lowest BCUT2D eigenvalue weighted by atomic mass is 10.1. The molecule has 0 aromatic heterocycles. The molecule has 1 aromatic carbocycles. The maximum atomic E-state index is 12.0. The van der Waals surface area contributed by atoms with Crippen molar-refractivity contribution in [1.29, 1.82) is 0 Å². The maximum Gasteiger partial charge on any atom is 0.256 e. The van der Waals surface area contributed by atoms with E-state index >= 15 is 0 Å². The molecule has 0 aliphatic rings. The molecule has 0 aliphatic carbocycles. The predicted octanol–water partition coefficient (Wildman–Crippen LogP) is 3.20. The molecule has 0 unspecified atom stereocenters. The normalized spacial score (nSPS) is 13.1. The number of amides is 1. The van der Waals surface area contributed by atoms with Gasteiger partial charge in [-0.15, -0.1) is 0 Å². The number of nitrogens with one attached hydrogen (secondary N) is 1. The number of carbonyl (C=O) groups excluding carboxylic acids is 1. The molecular weight excluding hydrogens is 285 g/mol. The molecule has 1 aromatic rings. The zero-order valence-corrected chi connectivity index (χ0v) is 12.4. The van der Waals surface area contributed by atoms with E-state index in [1.165, 1.54) is 0 Å². The molecule has 0 aliphatic heterocycles. The van der Waals surface area contributed by atoms with E-state index in [1.807, 2.05) is 37.3 Å². The number of aliphatic hydroxyl groups excluding tert-OH is 1. The number of hydrogen-bond donors (Lipinski definition) is 2. The molecule has 0 radical (unpaired) electrons. The smallest absolute Gasteiger partial charge is 0.256 e. The minimum absolute atomic E-state index is 0.201. The Bertz CT molecular complexity index is 396. The fourth-order valence-electron chi connectivity index (χ4n) is 1.70. The monoisotopic (exact) mass is 303 g/mol. The average Bonchev–Trinajstić information content (AvgIpc) is 2.43. The molecule has 0 spiro atoms. The Balaban J connectivity index is 2.68. The van der Waals surface area contributed by atoms with Crippen molar-refractivity contribution in [2.45, 2.75) is 36.6 Å². The third kappa shape index (κ3) is 5.01. The van der Waals surface area contributed by atoms with Crippen LogP contribution in [0.2, 0.25) is 0 Å². The molecular formula is C14H19Cl2NO2. The van der Waals surface area contributed by atoms with Gasteiger partial charge in [-0.1, -0.05) is 73.3 Å². The van der Waals surface area contributed by atoms with Gasteiger partial charge in [-0.05, 0) is 12.0 Å². The van der Waals surface area contributed by atoms with Crippen molar-refractivity contribution in [3.8, 4) is 0 Å². The van der Waals surface area contributed by atoms with Crippen LogP contribution in [0.4, 0.5) is 0 Å². The fraction of sp³-hybridized carbons (Fsp3) is 0.500. The highest BCUT2D eigenvalue weighted by molar-refractivity contribution is 6.58. The van der Waals surface area contributed by atoms with Crippen LogP contribution in [0, 0.1) is 0 Å². The van der Waals surface area contributed by atoms with E-state index in [2.05, 4.69) is 5.32 Å². The highest BCUT2D eigenvalue weighted by atomic mass is 35.5. The summed E-state index contributed by atoms with van der Waals surface area (Å²) in [5.74, 6) is -0.466. The Hall–Kier alpha value is -0.770. The molecule has 0 saturated carbocycles. The number of hydrogen-bond acceptors (Lipinski definition) is 2. The highest BCUT2D eigenvalue weighted by Crippen LogP contribution is 2.29. The zero-order valence-electron chi connectivity index (χ0n) is 10.9. The first kappa shape index (κ1) is 16.3. The first-order valence-corrected chi connectivity index (χ1v) is 7.11. The summed E-state index contributed by atoms with van der Waals surface area (Å²) in [5, 5.41) is 12.0. The van der Waals surface area contributed by atoms with Gasteiger partial charge in [0.05, 0.1) is 12.6 Å².